The minimum atomic E-state index is -0.0156. The molecular weight excluding hydrogens is 376 g/mol. The van der Waals surface area contributed by atoms with E-state index in [0.29, 0.717) is 30.2 Å². The molecule has 3 aromatic rings. The Morgan fingerprint density at radius 2 is 1.79 bits per heavy atom. The summed E-state index contributed by atoms with van der Waals surface area (Å²) in [6.07, 6.45) is 0. The van der Waals surface area contributed by atoms with Gasteiger partial charge in [0.05, 0.1) is 24.8 Å². The van der Waals surface area contributed by atoms with Crippen molar-refractivity contribution in [2.75, 3.05) is 45.3 Å². The summed E-state index contributed by atoms with van der Waals surface area (Å²) < 4.78 is 10.5. The van der Waals surface area contributed by atoms with E-state index >= 15 is 0 Å². The maximum Gasteiger partial charge on any atom is 0.254 e. The Kier molecular flexibility index (Phi) is 5.21. The Labute approximate surface area is 167 Å². The second-order valence-corrected chi connectivity index (χ2v) is 7.45. The molecule has 1 N–H and O–H groups in total. The number of rotatable bonds is 5. The lowest BCUT2D eigenvalue weighted by Crippen LogP contribution is -2.49. The Morgan fingerprint density at radius 1 is 1.07 bits per heavy atom. The highest BCUT2D eigenvalue weighted by Gasteiger charge is 2.24. The lowest BCUT2D eigenvalue weighted by atomic mass is 10.1. The molecule has 1 aliphatic rings. The molecule has 7 nitrogen and oxygen atoms in total. The Morgan fingerprint density at radius 3 is 2.39 bits per heavy atom. The summed E-state index contributed by atoms with van der Waals surface area (Å²) in [5.74, 6) is 2.12. The molecule has 8 heteroatoms. The molecule has 3 heterocycles. The number of nitrogens with zero attached hydrogens (tertiary/aromatic N) is 3. The third kappa shape index (κ3) is 3.68. The molecule has 146 valence electrons. The van der Waals surface area contributed by atoms with Crippen LogP contribution in [-0.4, -0.2) is 61.4 Å². The van der Waals surface area contributed by atoms with Gasteiger partial charge in [-0.15, -0.1) is 11.3 Å². The zero-order valence-corrected chi connectivity index (χ0v) is 16.7. The first-order chi connectivity index (χ1) is 13.7. The Bertz CT molecular complexity index is 924. The SMILES string of the molecule is COc1cc(OC)cc(C(=O)N2CCN(c3cc(-c4cccs4)[nH]n3)CC2)c1. The summed E-state index contributed by atoms with van der Waals surface area (Å²) in [6.45, 7) is 2.75. The molecule has 0 atom stereocenters. The van der Waals surface area contributed by atoms with Gasteiger partial charge in [0.25, 0.3) is 5.91 Å². The number of benzene rings is 1. The summed E-state index contributed by atoms with van der Waals surface area (Å²) in [5, 5.41) is 9.59. The normalized spacial score (nSPS) is 14.2. The lowest BCUT2D eigenvalue weighted by molar-refractivity contribution is 0.0745. The van der Waals surface area contributed by atoms with E-state index in [2.05, 4.69) is 27.2 Å². The number of piperazine rings is 1. The summed E-state index contributed by atoms with van der Waals surface area (Å²) in [5.41, 5.74) is 1.59. The van der Waals surface area contributed by atoms with Crippen LogP contribution in [0.3, 0.4) is 0 Å². The average molecular weight is 398 g/mol. The number of amides is 1. The van der Waals surface area contributed by atoms with Gasteiger partial charge in [-0.1, -0.05) is 6.07 Å². The molecule has 1 aliphatic heterocycles. The number of hydrogen-bond acceptors (Lipinski definition) is 6. The van der Waals surface area contributed by atoms with Gasteiger partial charge in [-0.2, -0.15) is 5.10 Å². The van der Waals surface area contributed by atoms with Gasteiger partial charge in [-0.05, 0) is 23.6 Å². The second-order valence-electron chi connectivity index (χ2n) is 6.50. The summed E-state index contributed by atoms with van der Waals surface area (Å²) in [7, 11) is 3.16. The van der Waals surface area contributed by atoms with E-state index in [1.165, 1.54) is 4.88 Å². The van der Waals surface area contributed by atoms with E-state index in [4.69, 9.17) is 9.47 Å². The standard InChI is InChI=1S/C20H22N4O3S/c1-26-15-10-14(11-16(12-15)27-2)20(25)24-7-5-23(6-8-24)19-13-17(21-22-19)18-4-3-9-28-18/h3-4,9-13H,5-8H2,1-2H3,(H,21,22). The molecule has 0 spiro atoms. The van der Waals surface area contributed by atoms with E-state index in [1.807, 2.05) is 16.3 Å². The molecule has 0 unspecified atom stereocenters. The van der Waals surface area contributed by atoms with Gasteiger partial charge in [-0.3, -0.25) is 9.89 Å². The first kappa shape index (κ1) is 18.4. The van der Waals surface area contributed by atoms with Crippen molar-refractivity contribution in [1.82, 2.24) is 15.1 Å². The van der Waals surface area contributed by atoms with Crippen molar-refractivity contribution in [3.8, 4) is 22.1 Å². The number of ether oxygens (including phenoxy) is 2. The van der Waals surface area contributed by atoms with Crippen LogP contribution >= 0.6 is 11.3 Å². The molecule has 0 saturated carbocycles. The van der Waals surface area contributed by atoms with Crippen LogP contribution in [0.25, 0.3) is 10.6 Å². The van der Waals surface area contributed by atoms with E-state index in [-0.39, 0.29) is 5.91 Å². The van der Waals surface area contributed by atoms with Gasteiger partial charge in [0, 0.05) is 43.9 Å². The van der Waals surface area contributed by atoms with Crippen LogP contribution < -0.4 is 14.4 Å². The van der Waals surface area contributed by atoms with Gasteiger partial charge in [0.1, 0.15) is 11.5 Å². The first-order valence-electron chi connectivity index (χ1n) is 9.04. The predicted octanol–water partition coefficient (Wildman–Crippen LogP) is 3.12. The van der Waals surface area contributed by atoms with Crippen LogP contribution in [0.4, 0.5) is 5.82 Å². The third-order valence-electron chi connectivity index (χ3n) is 4.84. The summed E-state index contributed by atoms with van der Waals surface area (Å²) in [6, 6.07) is 11.4. The highest BCUT2D eigenvalue weighted by atomic mass is 32.1. The number of aromatic nitrogens is 2. The number of anilines is 1. The number of methoxy groups -OCH3 is 2. The molecule has 1 fully saturated rings. The second kappa shape index (κ2) is 7.93. The largest absolute Gasteiger partial charge is 0.497 e. The van der Waals surface area contributed by atoms with Crippen LogP contribution in [0.2, 0.25) is 0 Å². The molecular formula is C20H22N4O3S. The lowest BCUT2D eigenvalue weighted by Gasteiger charge is -2.34. The van der Waals surface area contributed by atoms with Crippen molar-refractivity contribution in [1.29, 1.82) is 0 Å². The number of aromatic amines is 1. The zero-order valence-electron chi connectivity index (χ0n) is 15.8. The van der Waals surface area contributed by atoms with Crippen LogP contribution in [0, 0.1) is 0 Å². The number of thiophene rings is 1. The molecule has 0 radical (unpaired) electrons. The fourth-order valence-electron chi connectivity index (χ4n) is 3.28. The highest BCUT2D eigenvalue weighted by molar-refractivity contribution is 7.13. The minimum Gasteiger partial charge on any atom is -0.497 e. The van der Waals surface area contributed by atoms with E-state index in [1.54, 1.807) is 43.8 Å². The zero-order chi connectivity index (χ0) is 19.5. The van der Waals surface area contributed by atoms with Gasteiger partial charge in [0.15, 0.2) is 5.82 Å². The number of carbonyl (C=O) groups excluding carboxylic acids is 1. The van der Waals surface area contributed by atoms with Crippen molar-refractivity contribution < 1.29 is 14.3 Å². The van der Waals surface area contributed by atoms with E-state index in [9.17, 15) is 4.79 Å². The Hall–Kier alpha value is -3.00. The fraction of sp³-hybridized carbons (Fsp3) is 0.300. The number of carbonyl (C=O) groups is 1. The number of nitrogens with one attached hydrogen (secondary N) is 1. The quantitative estimate of drug-likeness (QED) is 0.715. The van der Waals surface area contributed by atoms with Crippen LogP contribution in [0.5, 0.6) is 11.5 Å². The van der Waals surface area contributed by atoms with E-state index in [0.717, 1.165) is 24.6 Å². The average Bonchev–Trinajstić information content (AvgIpc) is 3.44. The van der Waals surface area contributed by atoms with Crippen molar-refractivity contribution >= 4 is 23.1 Å². The smallest absolute Gasteiger partial charge is 0.254 e. The molecule has 28 heavy (non-hydrogen) atoms. The van der Waals surface area contributed by atoms with Crippen molar-refractivity contribution in [3.05, 3.63) is 47.3 Å². The van der Waals surface area contributed by atoms with Gasteiger partial charge in [0.2, 0.25) is 0 Å². The first-order valence-corrected chi connectivity index (χ1v) is 9.92. The minimum absolute atomic E-state index is 0.0156. The molecule has 0 bridgehead atoms. The maximum atomic E-state index is 12.9. The third-order valence-corrected chi connectivity index (χ3v) is 5.74. The summed E-state index contributed by atoms with van der Waals surface area (Å²) in [4.78, 5) is 18.1. The molecule has 2 aromatic heterocycles. The number of hydrogen-bond donors (Lipinski definition) is 1. The summed E-state index contributed by atoms with van der Waals surface area (Å²) >= 11 is 1.68. The molecule has 0 aliphatic carbocycles. The highest BCUT2D eigenvalue weighted by Crippen LogP contribution is 2.27. The predicted molar refractivity (Wildman–Crippen MR) is 110 cm³/mol. The fourth-order valence-corrected chi connectivity index (χ4v) is 3.98. The van der Waals surface area contributed by atoms with Gasteiger partial charge >= 0.3 is 0 Å². The number of H-pyrrole nitrogens is 1. The molecule has 1 aromatic carbocycles. The van der Waals surface area contributed by atoms with Crippen molar-refractivity contribution in [2.24, 2.45) is 0 Å². The van der Waals surface area contributed by atoms with Crippen molar-refractivity contribution in [3.63, 3.8) is 0 Å². The molecule has 1 amide bonds. The van der Waals surface area contributed by atoms with Gasteiger partial charge < -0.3 is 19.3 Å². The topological polar surface area (TPSA) is 70.7 Å². The van der Waals surface area contributed by atoms with Crippen LogP contribution in [0.1, 0.15) is 10.4 Å². The molecule has 4 rings (SSSR count). The maximum absolute atomic E-state index is 12.9. The monoisotopic (exact) mass is 398 g/mol. The van der Waals surface area contributed by atoms with E-state index < -0.39 is 0 Å². The van der Waals surface area contributed by atoms with Gasteiger partial charge in [-0.25, -0.2) is 0 Å². The van der Waals surface area contributed by atoms with Crippen LogP contribution in [-0.2, 0) is 0 Å². The van der Waals surface area contributed by atoms with Crippen LogP contribution in [0.15, 0.2) is 41.8 Å². The molecule has 1 saturated heterocycles. The Balaban J connectivity index is 1.42. The van der Waals surface area contributed by atoms with Crippen molar-refractivity contribution in [2.45, 2.75) is 0 Å².